The lowest BCUT2D eigenvalue weighted by Crippen LogP contribution is -2.41. The van der Waals surface area contributed by atoms with Crippen molar-refractivity contribution in [1.82, 2.24) is 15.1 Å². The van der Waals surface area contributed by atoms with Gasteiger partial charge in [0.15, 0.2) is 5.82 Å². The second kappa shape index (κ2) is 6.64. The van der Waals surface area contributed by atoms with Crippen LogP contribution in [0.15, 0.2) is 17.2 Å². The van der Waals surface area contributed by atoms with Gasteiger partial charge in [-0.15, -0.1) is 22.0 Å². The molecule has 21 heavy (non-hydrogen) atoms. The summed E-state index contributed by atoms with van der Waals surface area (Å²) in [6.45, 7) is 9.24. The Hall–Kier alpha value is -1.30. The molecule has 0 bridgehead atoms. The van der Waals surface area contributed by atoms with E-state index in [-0.39, 0.29) is 11.3 Å². The summed E-state index contributed by atoms with van der Waals surface area (Å²) >= 11 is 1.59. The van der Waals surface area contributed by atoms with Crippen LogP contribution in [0.3, 0.4) is 0 Å². The first-order valence-corrected chi connectivity index (χ1v) is 8.56. The van der Waals surface area contributed by atoms with Crippen LogP contribution in [-0.2, 0) is 4.79 Å². The molecule has 1 fully saturated rings. The van der Waals surface area contributed by atoms with Crippen LogP contribution >= 0.6 is 11.8 Å². The van der Waals surface area contributed by atoms with Crippen molar-refractivity contribution in [3.05, 3.63) is 12.1 Å². The maximum absolute atomic E-state index is 12.4. The minimum absolute atomic E-state index is 0.230. The summed E-state index contributed by atoms with van der Waals surface area (Å²) in [5.74, 6) is 1.13. The van der Waals surface area contributed by atoms with Gasteiger partial charge in [-0.1, -0.05) is 20.8 Å². The number of aromatic nitrogens is 2. The topological polar surface area (TPSA) is 49.3 Å². The van der Waals surface area contributed by atoms with Crippen molar-refractivity contribution in [2.24, 2.45) is 5.41 Å². The highest BCUT2D eigenvalue weighted by Crippen LogP contribution is 2.20. The lowest BCUT2D eigenvalue weighted by molar-refractivity contribution is -0.139. The SMILES string of the molecule is CSc1ccc(N2CCCN(C(=O)C(C)(C)C)CC2)nn1. The molecule has 0 aliphatic carbocycles. The first-order valence-electron chi connectivity index (χ1n) is 7.34. The molecule has 6 heteroatoms. The quantitative estimate of drug-likeness (QED) is 0.785. The van der Waals surface area contributed by atoms with Gasteiger partial charge in [-0.3, -0.25) is 4.79 Å². The van der Waals surface area contributed by atoms with Gasteiger partial charge in [0.25, 0.3) is 0 Å². The summed E-state index contributed by atoms with van der Waals surface area (Å²) in [5, 5.41) is 9.40. The molecule has 1 amide bonds. The van der Waals surface area contributed by atoms with Crippen molar-refractivity contribution in [2.45, 2.75) is 32.2 Å². The van der Waals surface area contributed by atoms with Gasteiger partial charge in [0.05, 0.1) is 0 Å². The van der Waals surface area contributed by atoms with E-state index in [2.05, 4.69) is 15.1 Å². The number of amides is 1. The summed E-state index contributed by atoms with van der Waals surface area (Å²) in [6, 6.07) is 4.01. The van der Waals surface area contributed by atoms with Crippen LogP contribution < -0.4 is 4.90 Å². The molecule has 0 unspecified atom stereocenters. The highest BCUT2D eigenvalue weighted by molar-refractivity contribution is 7.98. The molecule has 116 valence electrons. The van der Waals surface area contributed by atoms with Gasteiger partial charge >= 0.3 is 0 Å². The second-order valence-electron chi connectivity index (χ2n) is 6.32. The molecule has 2 heterocycles. The van der Waals surface area contributed by atoms with E-state index in [1.165, 1.54) is 0 Å². The Morgan fingerprint density at radius 3 is 2.48 bits per heavy atom. The Bertz CT molecular complexity index is 483. The van der Waals surface area contributed by atoms with E-state index in [1.807, 2.05) is 44.1 Å². The predicted octanol–water partition coefficient (Wildman–Crippen LogP) is 2.28. The fraction of sp³-hybridized carbons (Fsp3) is 0.667. The third kappa shape index (κ3) is 4.09. The van der Waals surface area contributed by atoms with Gasteiger partial charge < -0.3 is 9.80 Å². The van der Waals surface area contributed by atoms with Crippen LogP contribution in [0, 0.1) is 5.41 Å². The van der Waals surface area contributed by atoms with Crippen LogP contribution in [0.5, 0.6) is 0 Å². The van der Waals surface area contributed by atoms with E-state index in [1.54, 1.807) is 11.8 Å². The lowest BCUT2D eigenvalue weighted by atomic mass is 9.94. The molecule has 1 aromatic heterocycles. The number of nitrogens with zero attached hydrogens (tertiary/aromatic N) is 4. The van der Waals surface area contributed by atoms with Crippen molar-refractivity contribution >= 4 is 23.5 Å². The van der Waals surface area contributed by atoms with Gasteiger partial charge in [-0.05, 0) is 24.8 Å². The third-order valence-electron chi connectivity index (χ3n) is 3.58. The molecule has 0 radical (unpaired) electrons. The number of carbonyl (C=O) groups excluding carboxylic acids is 1. The van der Waals surface area contributed by atoms with Gasteiger partial charge in [0, 0.05) is 31.6 Å². The highest BCUT2D eigenvalue weighted by atomic mass is 32.2. The molecule has 0 spiro atoms. The lowest BCUT2D eigenvalue weighted by Gasteiger charge is -2.28. The standard InChI is InChI=1S/C15H24N4OS/c1-15(2,3)14(20)19-9-5-8-18(10-11-19)12-6-7-13(21-4)17-16-12/h6-7H,5,8-11H2,1-4H3. The molecule has 0 saturated carbocycles. The van der Waals surface area contributed by atoms with Crippen molar-refractivity contribution < 1.29 is 4.79 Å². The van der Waals surface area contributed by atoms with Crippen molar-refractivity contribution in [3.8, 4) is 0 Å². The van der Waals surface area contributed by atoms with E-state index < -0.39 is 0 Å². The van der Waals surface area contributed by atoms with Crippen LogP contribution in [0.4, 0.5) is 5.82 Å². The monoisotopic (exact) mass is 308 g/mol. The smallest absolute Gasteiger partial charge is 0.228 e. The molecular weight excluding hydrogens is 284 g/mol. The average Bonchev–Trinajstić information content (AvgIpc) is 2.71. The molecule has 0 aromatic carbocycles. The minimum atomic E-state index is -0.311. The number of rotatable bonds is 2. The van der Waals surface area contributed by atoms with Crippen LogP contribution in [0.2, 0.25) is 0 Å². The Morgan fingerprint density at radius 1 is 1.14 bits per heavy atom. The molecular formula is C15H24N4OS. The maximum Gasteiger partial charge on any atom is 0.228 e. The molecule has 2 rings (SSSR count). The molecule has 1 saturated heterocycles. The fourth-order valence-corrected chi connectivity index (χ4v) is 2.74. The van der Waals surface area contributed by atoms with Gasteiger partial charge in [-0.2, -0.15) is 0 Å². The first-order chi connectivity index (χ1) is 9.91. The predicted molar refractivity (Wildman–Crippen MR) is 86.7 cm³/mol. The van der Waals surface area contributed by atoms with Crippen LogP contribution in [-0.4, -0.2) is 53.4 Å². The number of thioether (sulfide) groups is 1. The number of carbonyl (C=O) groups is 1. The zero-order valence-corrected chi connectivity index (χ0v) is 14.1. The summed E-state index contributed by atoms with van der Waals surface area (Å²) in [5.41, 5.74) is -0.311. The molecule has 1 aromatic rings. The fourth-order valence-electron chi connectivity index (χ4n) is 2.41. The van der Waals surface area contributed by atoms with Crippen molar-refractivity contribution in [1.29, 1.82) is 0 Å². The minimum Gasteiger partial charge on any atom is -0.353 e. The van der Waals surface area contributed by atoms with Crippen molar-refractivity contribution in [2.75, 3.05) is 37.3 Å². The number of hydrogen-bond acceptors (Lipinski definition) is 5. The number of anilines is 1. The third-order valence-corrected chi connectivity index (χ3v) is 4.22. The number of hydrogen-bond donors (Lipinski definition) is 0. The summed E-state index contributed by atoms with van der Waals surface area (Å²) in [4.78, 5) is 16.6. The molecule has 1 aliphatic rings. The first kappa shape index (κ1) is 16.1. The van der Waals surface area contributed by atoms with E-state index >= 15 is 0 Å². The second-order valence-corrected chi connectivity index (χ2v) is 7.14. The maximum atomic E-state index is 12.4. The Kier molecular flexibility index (Phi) is 5.08. The normalized spacial score (nSPS) is 16.8. The van der Waals surface area contributed by atoms with Crippen LogP contribution in [0.1, 0.15) is 27.2 Å². The molecule has 1 aliphatic heterocycles. The summed E-state index contributed by atoms with van der Waals surface area (Å²) < 4.78 is 0. The Balaban J connectivity index is 2.01. The molecule has 5 nitrogen and oxygen atoms in total. The Morgan fingerprint density at radius 2 is 1.90 bits per heavy atom. The molecule has 0 atom stereocenters. The van der Waals surface area contributed by atoms with Crippen LogP contribution in [0.25, 0.3) is 0 Å². The zero-order chi connectivity index (χ0) is 15.5. The highest BCUT2D eigenvalue weighted by Gasteiger charge is 2.28. The summed E-state index contributed by atoms with van der Waals surface area (Å²) in [7, 11) is 0. The summed E-state index contributed by atoms with van der Waals surface area (Å²) in [6.07, 6.45) is 2.96. The van der Waals surface area contributed by atoms with E-state index in [9.17, 15) is 4.79 Å². The van der Waals surface area contributed by atoms with E-state index in [0.717, 1.165) is 43.4 Å². The van der Waals surface area contributed by atoms with Gasteiger partial charge in [0.1, 0.15) is 5.03 Å². The van der Waals surface area contributed by atoms with E-state index in [0.29, 0.717) is 0 Å². The van der Waals surface area contributed by atoms with Gasteiger partial charge in [0.2, 0.25) is 5.91 Å². The van der Waals surface area contributed by atoms with Gasteiger partial charge in [-0.25, -0.2) is 0 Å². The van der Waals surface area contributed by atoms with Crippen molar-refractivity contribution in [3.63, 3.8) is 0 Å². The van der Waals surface area contributed by atoms with E-state index in [4.69, 9.17) is 0 Å². The zero-order valence-electron chi connectivity index (χ0n) is 13.3. The Labute approximate surface area is 131 Å². The molecule has 0 N–H and O–H groups in total. The largest absolute Gasteiger partial charge is 0.353 e. The average molecular weight is 308 g/mol.